The normalized spacial score (nSPS) is 10.3. The molecule has 0 bridgehead atoms. The summed E-state index contributed by atoms with van der Waals surface area (Å²) in [5.41, 5.74) is 2.31. The van der Waals surface area contributed by atoms with E-state index >= 15 is 0 Å². The standard InChI is InChI=1S/C10H10N2S/c1-7-4-6-13-10(7)9-3-5-11-8(2)12-9/h3-6H,1-2H3. The monoisotopic (exact) mass is 190 g/mol. The van der Waals surface area contributed by atoms with Gasteiger partial charge in [-0.3, -0.25) is 0 Å². The van der Waals surface area contributed by atoms with Gasteiger partial charge in [0.15, 0.2) is 0 Å². The highest BCUT2D eigenvalue weighted by molar-refractivity contribution is 7.13. The van der Waals surface area contributed by atoms with Crippen LogP contribution >= 0.6 is 11.3 Å². The van der Waals surface area contributed by atoms with Crippen molar-refractivity contribution in [3.63, 3.8) is 0 Å². The Kier molecular flexibility index (Phi) is 2.10. The zero-order valence-electron chi connectivity index (χ0n) is 7.61. The van der Waals surface area contributed by atoms with Gasteiger partial charge in [0.1, 0.15) is 5.82 Å². The van der Waals surface area contributed by atoms with Crippen LogP contribution in [0.25, 0.3) is 10.6 Å². The molecular formula is C10H10N2S. The Morgan fingerprint density at radius 2 is 2.08 bits per heavy atom. The van der Waals surface area contributed by atoms with Crippen molar-refractivity contribution in [2.75, 3.05) is 0 Å². The molecule has 13 heavy (non-hydrogen) atoms. The Balaban J connectivity index is 2.53. The zero-order valence-corrected chi connectivity index (χ0v) is 8.43. The second kappa shape index (κ2) is 3.26. The molecule has 2 aromatic rings. The summed E-state index contributed by atoms with van der Waals surface area (Å²) in [6, 6.07) is 4.06. The van der Waals surface area contributed by atoms with E-state index in [1.165, 1.54) is 10.4 Å². The van der Waals surface area contributed by atoms with Gasteiger partial charge in [0.25, 0.3) is 0 Å². The van der Waals surface area contributed by atoms with Crippen molar-refractivity contribution in [2.45, 2.75) is 13.8 Å². The molecule has 3 heteroatoms. The van der Waals surface area contributed by atoms with E-state index in [9.17, 15) is 0 Å². The molecule has 0 aliphatic heterocycles. The molecule has 0 spiro atoms. The molecule has 0 unspecified atom stereocenters. The maximum Gasteiger partial charge on any atom is 0.125 e. The second-order valence-electron chi connectivity index (χ2n) is 2.92. The third-order valence-corrected chi connectivity index (χ3v) is 2.91. The minimum absolute atomic E-state index is 0.824. The molecule has 2 nitrogen and oxygen atoms in total. The highest BCUT2D eigenvalue weighted by Crippen LogP contribution is 2.26. The van der Waals surface area contributed by atoms with Crippen LogP contribution < -0.4 is 0 Å². The van der Waals surface area contributed by atoms with Gasteiger partial charge in [-0.1, -0.05) is 0 Å². The lowest BCUT2D eigenvalue weighted by Crippen LogP contribution is -1.88. The van der Waals surface area contributed by atoms with E-state index in [0.29, 0.717) is 0 Å². The number of nitrogens with zero attached hydrogens (tertiary/aromatic N) is 2. The lowest BCUT2D eigenvalue weighted by Gasteiger charge is -1.98. The van der Waals surface area contributed by atoms with E-state index < -0.39 is 0 Å². The summed E-state index contributed by atoms with van der Waals surface area (Å²) in [6.07, 6.45) is 1.80. The predicted octanol–water partition coefficient (Wildman–Crippen LogP) is 2.82. The van der Waals surface area contributed by atoms with Crippen molar-refractivity contribution in [1.82, 2.24) is 9.97 Å². The predicted molar refractivity (Wildman–Crippen MR) is 54.8 cm³/mol. The van der Waals surface area contributed by atoms with Crippen LogP contribution in [0.2, 0.25) is 0 Å². The fourth-order valence-electron chi connectivity index (χ4n) is 1.22. The molecule has 0 amide bonds. The van der Waals surface area contributed by atoms with Gasteiger partial charge >= 0.3 is 0 Å². The summed E-state index contributed by atoms with van der Waals surface area (Å²) in [6.45, 7) is 4.01. The summed E-state index contributed by atoms with van der Waals surface area (Å²) < 4.78 is 0. The van der Waals surface area contributed by atoms with Crippen molar-refractivity contribution < 1.29 is 0 Å². The second-order valence-corrected chi connectivity index (χ2v) is 3.84. The Morgan fingerprint density at radius 1 is 1.23 bits per heavy atom. The van der Waals surface area contributed by atoms with Gasteiger partial charge in [-0.15, -0.1) is 11.3 Å². The van der Waals surface area contributed by atoms with Crippen molar-refractivity contribution in [3.8, 4) is 10.6 Å². The van der Waals surface area contributed by atoms with Gasteiger partial charge < -0.3 is 0 Å². The van der Waals surface area contributed by atoms with E-state index in [-0.39, 0.29) is 0 Å². The SMILES string of the molecule is Cc1nccc(-c2sccc2C)n1. The largest absolute Gasteiger partial charge is 0.242 e. The number of rotatable bonds is 1. The molecule has 0 aromatic carbocycles. The van der Waals surface area contributed by atoms with E-state index in [2.05, 4.69) is 28.3 Å². The molecule has 0 fully saturated rings. The topological polar surface area (TPSA) is 25.8 Å². The smallest absolute Gasteiger partial charge is 0.125 e. The number of hydrogen-bond donors (Lipinski definition) is 0. The van der Waals surface area contributed by atoms with E-state index in [4.69, 9.17) is 0 Å². The lowest BCUT2D eigenvalue weighted by atomic mass is 10.2. The van der Waals surface area contributed by atoms with Crippen LogP contribution in [0.5, 0.6) is 0 Å². The Morgan fingerprint density at radius 3 is 2.69 bits per heavy atom. The van der Waals surface area contributed by atoms with Crippen LogP contribution in [-0.2, 0) is 0 Å². The minimum Gasteiger partial charge on any atom is -0.242 e. The molecule has 0 aliphatic rings. The molecule has 0 N–H and O–H groups in total. The fourth-order valence-corrected chi connectivity index (χ4v) is 2.11. The summed E-state index contributed by atoms with van der Waals surface area (Å²) in [7, 11) is 0. The molecule has 66 valence electrons. The average Bonchev–Trinajstić information content (AvgIpc) is 2.51. The van der Waals surface area contributed by atoms with Crippen molar-refractivity contribution in [2.24, 2.45) is 0 Å². The average molecular weight is 190 g/mol. The molecular weight excluding hydrogens is 180 g/mol. The third kappa shape index (κ3) is 1.60. The van der Waals surface area contributed by atoms with Gasteiger partial charge in [0.05, 0.1) is 10.6 Å². The summed E-state index contributed by atoms with van der Waals surface area (Å²) in [4.78, 5) is 9.69. The highest BCUT2D eigenvalue weighted by Gasteiger charge is 2.04. The first-order valence-corrected chi connectivity index (χ1v) is 4.99. The fraction of sp³-hybridized carbons (Fsp3) is 0.200. The first kappa shape index (κ1) is 8.38. The first-order valence-electron chi connectivity index (χ1n) is 4.11. The molecule has 0 radical (unpaired) electrons. The lowest BCUT2D eigenvalue weighted by molar-refractivity contribution is 1.06. The van der Waals surface area contributed by atoms with Gasteiger partial charge in [-0.25, -0.2) is 9.97 Å². The zero-order chi connectivity index (χ0) is 9.26. The van der Waals surface area contributed by atoms with Gasteiger partial charge in [-0.05, 0) is 36.9 Å². The van der Waals surface area contributed by atoms with Crippen LogP contribution in [0.15, 0.2) is 23.7 Å². The molecule has 0 atom stereocenters. The van der Waals surface area contributed by atoms with Crippen LogP contribution in [-0.4, -0.2) is 9.97 Å². The van der Waals surface area contributed by atoms with Gasteiger partial charge in [-0.2, -0.15) is 0 Å². The van der Waals surface area contributed by atoms with Crippen molar-refractivity contribution in [1.29, 1.82) is 0 Å². The molecule has 0 saturated carbocycles. The minimum atomic E-state index is 0.824. The summed E-state index contributed by atoms with van der Waals surface area (Å²) >= 11 is 1.72. The van der Waals surface area contributed by atoms with Crippen LogP contribution in [0.1, 0.15) is 11.4 Å². The Labute approximate surface area is 81.3 Å². The maximum absolute atomic E-state index is 4.38. The van der Waals surface area contributed by atoms with Gasteiger partial charge in [0.2, 0.25) is 0 Å². The van der Waals surface area contributed by atoms with E-state index in [0.717, 1.165) is 11.5 Å². The quantitative estimate of drug-likeness (QED) is 0.691. The first-order chi connectivity index (χ1) is 6.27. The van der Waals surface area contributed by atoms with Crippen LogP contribution in [0.3, 0.4) is 0 Å². The molecule has 0 aliphatic carbocycles. The van der Waals surface area contributed by atoms with Crippen LogP contribution in [0, 0.1) is 13.8 Å². The Hall–Kier alpha value is -1.22. The van der Waals surface area contributed by atoms with E-state index in [1.807, 2.05) is 13.0 Å². The summed E-state index contributed by atoms with van der Waals surface area (Å²) in [5.74, 6) is 0.824. The van der Waals surface area contributed by atoms with Crippen molar-refractivity contribution >= 4 is 11.3 Å². The van der Waals surface area contributed by atoms with Crippen molar-refractivity contribution in [3.05, 3.63) is 35.1 Å². The number of hydrogen-bond acceptors (Lipinski definition) is 3. The van der Waals surface area contributed by atoms with Crippen LogP contribution in [0.4, 0.5) is 0 Å². The van der Waals surface area contributed by atoms with E-state index in [1.54, 1.807) is 17.5 Å². The molecule has 2 aromatic heterocycles. The van der Waals surface area contributed by atoms with Gasteiger partial charge in [0, 0.05) is 6.20 Å². The number of aromatic nitrogens is 2. The number of aryl methyl sites for hydroxylation is 2. The third-order valence-electron chi connectivity index (χ3n) is 1.87. The maximum atomic E-state index is 4.38. The molecule has 2 rings (SSSR count). The molecule has 0 saturated heterocycles. The Bertz CT molecular complexity index is 420. The highest BCUT2D eigenvalue weighted by atomic mass is 32.1. The molecule has 2 heterocycles. The number of thiophene rings is 1. The summed E-state index contributed by atoms with van der Waals surface area (Å²) in [5, 5.41) is 2.09.